The van der Waals surface area contributed by atoms with E-state index >= 15 is 0 Å². The van der Waals surface area contributed by atoms with Gasteiger partial charge in [-0.3, -0.25) is 4.68 Å². The predicted octanol–water partition coefficient (Wildman–Crippen LogP) is 2.28. The summed E-state index contributed by atoms with van der Waals surface area (Å²) in [5, 5.41) is 7.52. The Labute approximate surface area is 165 Å². The van der Waals surface area contributed by atoms with Crippen molar-refractivity contribution in [3.05, 3.63) is 40.7 Å². The second kappa shape index (κ2) is 9.50. The summed E-state index contributed by atoms with van der Waals surface area (Å²) in [7, 11) is 5.15. The van der Waals surface area contributed by atoms with Gasteiger partial charge < -0.3 is 20.5 Å². The van der Waals surface area contributed by atoms with Crippen LogP contribution in [0.1, 0.15) is 22.5 Å². The maximum Gasteiger partial charge on any atom is 0.189 e. The first-order chi connectivity index (χ1) is 11.5. The van der Waals surface area contributed by atoms with Crippen LogP contribution in [-0.2, 0) is 20.1 Å². The number of halogens is 1. The van der Waals surface area contributed by atoms with Crippen LogP contribution < -0.4 is 20.5 Å². The summed E-state index contributed by atoms with van der Waals surface area (Å²) in [6.07, 6.45) is 0. The molecule has 0 aliphatic heterocycles. The lowest BCUT2D eigenvalue weighted by atomic mass is 10.2. The van der Waals surface area contributed by atoms with Crippen molar-refractivity contribution in [1.29, 1.82) is 0 Å². The molecule has 2 rings (SSSR count). The lowest BCUT2D eigenvalue weighted by Gasteiger charge is -2.09. The van der Waals surface area contributed by atoms with Gasteiger partial charge in [-0.2, -0.15) is 5.10 Å². The molecule has 0 atom stereocenters. The molecule has 0 spiro atoms. The van der Waals surface area contributed by atoms with E-state index in [1.165, 1.54) is 0 Å². The third kappa shape index (κ3) is 5.25. The van der Waals surface area contributed by atoms with Crippen LogP contribution in [0, 0.1) is 13.8 Å². The van der Waals surface area contributed by atoms with E-state index in [-0.39, 0.29) is 24.0 Å². The van der Waals surface area contributed by atoms with Crippen molar-refractivity contribution in [1.82, 2.24) is 15.1 Å². The average Bonchev–Trinajstić information content (AvgIpc) is 2.83. The fourth-order valence-electron chi connectivity index (χ4n) is 2.46. The number of ether oxygens (including phenoxy) is 2. The molecule has 1 aromatic carbocycles. The third-order valence-corrected chi connectivity index (χ3v) is 3.99. The Morgan fingerprint density at radius 3 is 2.48 bits per heavy atom. The van der Waals surface area contributed by atoms with E-state index in [1.807, 2.05) is 43.8 Å². The number of aryl methyl sites for hydroxylation is 2. The van der Waals surface area contributed by atoms with Gasteiger partial charge in [-0.15, -0.1) is 24.0 Å². The molecule has 0 bridgehead atoms. The number of methoxy groups -OCH3 is 2. The Kier molecular flexibility index (Phi) is 8.01. The van der Waals surface area contributed by atoms with Gasteiger partial charge in [0.15, 0.2) is 17.5 Å². The molecule has 7 nitrogen and oxygen atoms in total. The van der Waals surface area contributed by atoms with Crippen molar-refractivity contribution in [2.24, 2.45) is 17.8 Å². The normalized spacial score (nSPS) is 11.0. The Morgan fingerprint density at radius 2 is 1.92 bits per heavy atom. The molecule has 0 unspecified atom stereocenters. The number of nitrogens with zero attached hydrogens (tertiary/aromatic N) is 3. The third-order valence-electron chi connectivity index (χ3n) is 3.99. The second-order valence-electron chi connectivity index (χ2n) is 5.52. The zero-order valence-electron chi connectivity index (χ0n) is 15.3. The summed E-state index contributed by atoms with van der Waals surface area (Å²) in [6, 6.07) is 5.69. The van der Waals surface area contributed by atoms with Crippen LogP contribution in [-0.4, -0.2) is 30.0 Å². The predicted molar refractivity (Wildman–Crippen MR) is 110 cm³/mol. The van der Waals surface area contributed by atoms with Crippen molar-refractivity contribution in [3.63, 3.8) is 0 Å². The highest BCUT2D eigenvalue weighted by atomic mass is 127. The number of aromatic nitrogens is 2. The SMILES string of the molecule is COc1ccc(CN=C(N)NCc2c(C)nn(C)c2C)cc1OC.I. The molecule has 3 N–H and O–H groups in total. The first-order valence-electron chi connectivity index (χ1n) is 7.70. The van der Waals surface area contributed by atoms with Gasteiger partial charge in [0, 0.05) is 24.8 Å². The van der Waals surface area contributed by atoms with E-state index < -0.39 is 0 Å². The van der Waals surface area contributed by atoms with E-state index in [0.29, 0.717) is 30.5 Å². The standard InChI is InChI=1S/C17H25N5O2.HI/c1-11-14(12(2)22(3)21-11)10-20-17(18)19-9-13-6-7-15(23-4)16(8-13)24-5;/h6-8H,9-10H2,1-5H3,(H3,18,19,20);1H. The van der Waals surface area contributed by atoms with Crippen molar-refractivity contribution in [2.75, 3.05) is 14.2 Å². The number of hydrogen-bond donors (Lipinski definition) is 2. The highest BCUT2D eigenvalue weighted by molar-refractivity contribution is 14.0. The molecule has 25 heavy (non-hydrogen) atoms. The number of nitrogens with two attached hydrogens (primary N) is 1. The van der Waals surface area contributed by atoms with Gasteiger partial charge in [0.25, 0.3) is 0 Å². The Hall–Kier alpha value is -1.97. The first kappa shape index (κ1) is 21.1. The molecule has 1 heterocycles. The van der Waals surface area contributed by atoms with Crippen molar-refractivity contribution >= 4 is 29.9 Å². The van der Waals surface area contributed by atoms with E-state index in [4.69, 9.17) is 15.2 Å². The zero-order valence-corrected chi connectivity index (χ0v) is 17.6. The van der Waals surface area contributed by atoms with Gasteiger partial charge in [0.2, 0.25) is 0 Å². The summed E-state index contributed by atoms with van der Waals surface area (Å²) in [5.41, 5.74) is 10.2. The van der Waals surface area contributed by atoms with Crippen LogP contribution in [0.5, 0.6) is 11.5 Å². The Morgan fingerprint density at radius 1 is 1.24 bits per heavy atom. The summed E-state index contributed by atoms with van der Waals surface area (Å²) >= 11 is 0. The topological polar surface area (TPSA) is 86.7 Å². The molecule has 2 aromatic rings. The van der Waals surface area contributed by atoms with Crippen molar-refractivity contribution < 1.29 is 9.47 Å². The quantitative estimate of drug-likeness (QED) is 0.393. The highest BCUT2D eigenvalue weighted by Crippen LogP contribution is 2.27. The van der Waals surface area contributed by atoms with E-state index in [9.17, 15) is 0 Å². The molecular weight excluding hydrogens is 433 g/mol. The minimum atomic E-state index is 0. The fraction of sp³-hybridized carbons (Fsp3) is 0.412. The number of rotatable bonds is 6. The average molecular weight is 459 g/mol. The molecule has 1 aromatic heterocycles. The monoisotopic (exact) mass is 459 g/mol. The molecule has 0 aliphatic rings. The molecule has 0 saturated carbocycles. The van der Waals surface area contributed by atoms with Crippen LogP contribution >= 0.6 is 24.0 Å². The molecule has 0 radical (unpaired) electrons. The number of aliphatic imine (C=N–C) groups is 1. The lowest BCUT2D eigenvalue weighted by Crippen LogP contribution is -2.31. The number of nitrogens with one attached hydrogen (secondary N) is 1. The first-order valence-corrected chi connectivity index (χ1v) is 7.70. The van der Waals surface area contributed by atoms with Gasteiger partial charge in [0.1, 0.15) is 0 Å². The van der Waals surface area contributed by atoms with Crippen molar-refractivity contribution in [3.8, 4) is 11.5 Å². The minimum absolute atomic E-state index is 0. The molecular formula is C17H26IN5O2. The van der Waals surface area contributed by atoms with Crippen LogP contribution in [0.25, 0.3) is 0 Å². The maximum atomic E-state index is 5.96. The molecule has 138 valence electrons. The summed E-state index contributed by atoms with van der Waals surface area (Å²) < 4.78 is 12.4. The number of benzene rings is 1. The Bertz CT molecular complexity index is 743. The summed E-state index contributed by atoms with van der Waals surface area (Å²) in [6.45, 7) is 5.09. The molecule has 0 amide bonds. The minimum Gasteiger partial charge on any atom is -0.493 e. The van der Waals surface area contributed by atoms with Crippen LogP contribution in [0.15, 0.2) is 23.2 Å². The maximum absolute atomic E-state index is 5.96. The molecule has 0 fully saturated rings. The highest BCUT2D eigenvalue weighted by Gasteiger charge is 2.09. The van der Waals surface area contributed by atoms with E-state index in [0.717, 1.165) is 22.5 Å². The second-order valence-corrected chi connectivity index (χ2v) is 5.52. The summed E-state index contributed by atoms with van der Waals surface area (Å²) in [5.74, 6) is 1.77. The van der Waals surface area contributed by atoms with E-state index in [1.54, 1.807) is 14.2 Å². The van der Waals surface area contributed by atoms with Crippen LogP contribution in [0.3, 0.4) is 0 Å². The molecule has 8 heteroatoms. The van der Waals surface area contributed by atoms with Gasteiger partial charge in [0.05, 0.1) is 26.5 Å². The summed E-state index contributed by atoms with van der Waals surface area (Å²) in [4.78, 5) is 4.37. The van der Waals surface area contributed by atoms with E-state index in [2.05, 4.69) is 15.4 Å². The largest absolute Gasteiger partial charge is 0.493 e. The molecule has 0 saturated heterocycles. The fourth-order valence-corrected chi connectivity index (χ4v) is 2.46. The van der Waals surface area contributed by atoms with Gasteiger partial charge in [-0.05, 0) is 31.5 Å². The zero-order chi connectivity index (χ0) is 17.7. The Balaban J connectivity index is 0.00000312. The lowest BCUT2D eigenvalue weighted by molar-refractivity contribution is 0.354. The van der Waals surface area contributed by atoms with Gasteiger partial charge in [-0.25, -0.2) is 4.99 Å². The van der Waals surface area contributed by atoms with Crippen molar-refractivity contribution in [2.45, 2.75) is 26.9 Å². The van der Waals surface area contributed by atoms with Gasteiger partial charge in [-0.1, -0.05) is 6.07 Å². The van der Waals surface area contributed by atoms with Crippen LogP contribution in [0.4, 0.5) is 0 Å². The van der Waals surface area contributed by atoms with Gasteiger partial charge >= 0.3 is 0 Å². The smallest absolute Gasteiger partial charge is 0.189 e. The number of guanidine groups is 1. The van der Waals surface area contributed by atoms with Crippen LogP contribution in [0.2, 0.25) is 0 Å². The molecule has 0 aliphatic carbocycles. The number of hydrogen-bond acceptors (Lipinski definition) is 4.